The third kappa shape index (κ3) is 6.41. The van der Waals surface area contributed by atoms with Gasteiger partial charge in [0.25, 0.3) is 0 Å². The van der Waals surface area contributed by atoms with Gasteiger partial charge in [0.15, 0.2) is 0 Å². The number of rotatable bonds is 5. The topological polar surface area (TPSA) is 13.0 Å². The van der Waals surface area contributed by atoms with Crippen molar-refractivity contribution < 1.29 is 0 Å². The average molecular weight is 409 g/mol. The summed E-state index contributed by atoms with van der Waals surface area (Å²) in [7, 11) is 0. The van der Waals surface area contributed by atoms with Gasteiger partial charge < -0.3 is 0 Å². The second-order valence-electron chi connectivity index (χ2n) is 12.9. The lowest BCUT2D eigenvalue weighted by molar-refractivity contribution is -0.0316. The van der Waals surface area contributed by atoms with E-state index in [1.807, 2.05) is 0 Å². The van der Waals surface area contributed by atoms with Crippen LogP contribution in [0.4, 0.5) is 0 Å². The van der Waals surface area contributed by atoms with Gasteiger partial charge in [0.05, 0.1) is 0 Å². The Morgan fingerprint density at radius 3 is 1.38 bits per heavy atom. The minimum atomic E-state index is 0.267. The molecule has 172 valence electrons. The molecule has 2 aliphatic heterocycles. The maximum atomic E-state index is 2.76. The summed E-state index contributed by atoms with van der Waals surface area (Å²) in [5.41, 5.74) is 1.11. The van der Waals surface area contributed by atoms with Gasteiger partial charge in [0.2, 0.25) is 0 Å². The van der Waals surface area contributed by atoms with E-state index in [1.54, 1.807) is 0 Å². The highest BCUT2D eigenvalue weighted by atomic mass is 15.3. The van der Waals surface area contributed by atoms with Crippen LogP contribution in [-0.2, 0) is 0 Å². The summed E-state index contributed by atoms with van der Waals surface area (Å²) in [6.45, 7) is 34.7. The van der Waals surface area contributed by atoms with Crippen LogP contribution in [-0.4, -0.2) is 93.6 Å². The van der Waals surface area contributed by atoms with E-state index in [0.717, 1.165) is 0 Å². The molecule has 2 fully saturated rings. The lowest BCUT2D eigenvalue weighted by Gasteiger charge is -2.52. The molecule has 0 aromatic carbocycles. The second kappa shape index (κ2) is 8.76. The Balaban J connectivity index is 1.89. The van der Waals surface area contributed by atoms with E-state index in [0.29, 0.717) is 11.6 Å². The summed E-state index contributed by atoms with van der Waals surface area (Å²) in [6.07, 6.45) is 2.53. The molecule has 2 heterocycles. The molecule has 1 atom stereocenters. The van der Waals surface area contributed by atoms with Crippen molar-refractivity contribution in [1.82, 2.24) is 19.6 Å². The van der Waals surface area contributed by atoms with Crippen molar-refractivity contribution in [2.24, 2.45) is 0 Å². The van der Waals surface area contributed by atoms with Crippen molar-refractivity contribution in [1.29, 1.82) is 0 Å². The fraction of sp³-hybridized carbons (Fsp3) is 1.00. The van der Waals surface area contributed by atoms with Crippen LogP contribution in [0, 0.1) is 0 Å². The summed E-state index contributed by atoms with van der Waals surface area (Å²) in [6, 6.07) is 0.626. The molecule has 0 aromatic heterocycles. The van der Waals surface area contributed by atoms with Crippen molar-refractivity contribution in [3.05, 3.63) is 0 Å². The molecular formula is C25H52N4. The molecule has 2 rings (SSSR count). The fourth-order valence-electron chi connectivity index (χ4n) is 5.41. The first kappa shape index (κ1) is 25.1. The van der Waals surface area contributed by atoms with Crippen LogP contribution < -0.4 is 0 Å². The molecule has 4 heteroatoms. The minimum absolute atomic E-state index is 0.267. The van der Waals surface area contributed by atoms with Gasteiger partial charge in [-0.15, -0.1) is 0 Å². The van der Waals surface area contributed by atoms with E-state index in [1.165, 1.54) is 58.7 Å². The standard InChI is InChI=1S/C25H52N4/c1-21-20-28(18-19-29(21)23(5,6)7)25(10,11)13-12-24(8,9)27-16-14-26(15-17-27)22(2,3)4/h21H,12-20H2,1-11H3. The monoisotopic (exact) mass is 408 g/mol. The minimum Gasteiger partial charge on any atom is -0.296 e. The zero-order valence-electron chi connectivity index (χ0n) is 21.7. The molecule has 0 spiro atoms. The molecular weight excluding hydrogens is 356 g/mol. The van der Waals surface area contributed by atoms with Crippen LogP contribution in [0.1, 0.15) is 89.0 Å². The van der Waals surface area contributed by atoms with Crippen LogP contribution >= 0.6 is 0 Å². The van der Waals surface area contributed by atoms with E-state index in [-0.39, 0.29) is 16.6 Å². The van der Waals surface area contributed by atoms with Gasteiger partial charge in [-0.25, -0.2) is 0 Å². The van der Waals surface area contributed by atoms with Gasteiger partial charge in [-0.3, -0.25) is 19.6 Å². The van der Waals surface area contributed by atoms with E-state index in [4.69, 9.17) is 0 Å². The van der Waals surface area contributed by atoms with E-state index in [2.05, 4.69) is 95.8 Å². The Labute approximate surface area is 183 Å². The summed E-state index contributed by atoms with van der Waals surface area (Å²) < 4.78 is 0. The summed E-state index contributed by atoms with van der Waals surface area (Å²) in [5, 5.41) is 0. The zero-order chi connectivity index (χ0) is 22.3. The Kier molecular flexibility index (Phi) is 7.59. The third-order valence-electron chi connectivity index (χ3n) is 7.78. The van der Waals surface area contributed by atoms with E-state index >= 15 is 0 Å². The molecule has 0 radical (unpaired) electrons. The van der Waals surface area contributed by atoms with Crippen molar-refractivity contribution in [2.75, 3.05) is 45.8 Å². The maximum Gasteiger partial charge on any atom is 0.0200 e. The first-order valence-electron chi connectivity index (χ1n) is 12.1. The van der Waals surface area contributed by atoms with Crippen molar-refractivity contribution in [3.8, 4) is 0 Å². The molecule has 29 heavy (non-hydrogen) atoms. The van der Waals surface area contributed by atoms with Crippen molar-refractivity contribution in [3.63, 3.8) is 0 Å². The van der Waals surface area contributed by atoms with Crippen molar-refractivity contribution >= 4 is 0 Å². The molecule has 0 N–H and O–H groups in total. The molecule has 4 nitrogen and oxygen atoms in total. The first-order chi connectivity index (χ1) is 13.0. The molecule has 2 saturated heterocycles. The highest BCUT2D eigenvalue weighted by molar-refractivity contribution is 4.95. The Bertz CT molecular complexity index is 518. The molecule has 0 aromatic rings. The van der Waals surface area contributed by atoms with Crippen LogP contribution in [0.25, 0.3) is 0 Å². The average Bonchev–Trinajstić information content (AvgIpc) is 2.58. The number of hydrogen-bond donors (Lipinski definition) is 0. The van der Waals surface area contributed by atoms with Crippen LogP contribution in [0.5, 0.6) is 0 Å². The lowest BCUT2D eigenvalue weighted by Crippen LogP contribution is -2.62. The normalized spacial score (nSPS) is 25.6. The molecule has 1 unspecified atom stereocenters. The van der Waals surface area contributed by atoms with Gasteiger partial charge in [0, 0.05) is 74.0 Å². The molecule has 2 aliphatic rings. The number of hydrogen-bond acceptors (Lipinski definition) is 4. The van der Waals surface area contributed by atoms with Crippen molar-refractivity contribution in [2.45, 2.75) is 117 Å². The zero-order valence-corrected chi connectivity index (χ0v) is 21.7. The quantitative estimate of drug-likeness (QED) is 0.662. The fourth-order valence-corrected chi connectivity index (χ4v) is 5.41. The molecule has 0 bridgehead atoms. The van der Waals surface area contributed by atoms with Gasteiger partial charge in [-0.1, -0.05) is 0 Å². The number of piperazine rings is 2. The first-order valence-corrected chi connectivity index (χ1v) is 12.1. The van der Waals surface area contributed by atoms with E-state index in [9.17, 15) is 0 Å². The predicted octanol–water partition coefficient (Wildman–Crippen LogP) is 4.54. The van der Waals surface area contributed by atoms with Crippen LogP contribution in [0.3, 0.4) is 0 Å². The van der Waals surface area contributed by atoms with Gasteiger partial charge in [-0.2, -0.15) is 0 Å². The Morgan fingerprint density at radius 2 is 0.966 bits per heavy atom. The van der Waals surface area contributed by atoms with Gasteiger partial charge in [-0.05, 0) is 89.0 Å². The maximum absolute atomic E-state index is 2.76. The summed E-state index contributed by atoms with van der Waals surface area (Å²) >= 11 is 0. The Morgan fingerprint density at radius 1 is 0.552 bits per heavy atom. The highest BCUT2D eigenvalue weighted by Crippen LogP contribution is 2.32. The van der Waals surface area contributed by atoms with E-state index < -0.39 is 0 Å². The SMILES string of the molecule is CC1CN(C(C)(C)CCC(C)(C)N2CCN(C(C)(C)C)CC2)CCN1C(C)(C)C. The highest BCUT2D eigenvalue weighted by Gasteiger charge is 2.39. The molecule has 0 amide bonds. The predicted molar refractivity (Wildman–Crippen MR) is 128 cm³/mol. The summed E-state index contributed by atoms with van der Waals surface area (Å²) in [5.74, 6) is 0. The molecule has 0 aliphatic carbocycles. The smallest absolute Gasteiger partial charge is 0.0200 e. The molecule has 0 saturated carbocycles. The largest absolute Gasteiger partial charge is 0.296 e. The lowest BCUT2D eigenvalue weighted by atomic mass is 9.85. The third-order valence-corrected chi connectivity index (χ3v) is 7.78. The Hall–Kier alpha value is -0.160. The van der Waals surface area contributed by atoms with Crippen LogP contribution in [0.15, 0.2) is 0 Å². The number of nitrogens with zero attached hydrogens (tertiary/aromatic N) is 4. The van der Waals surface area contributed by atoms with Gasteiger partial charge >= 0.3 is 0 Å². The van der Waals surface area contributed by atoms with Gasteiger partial charge in [0.1, 0.15) is 0 Å². The summed E-state index contributed by atoms with van der Waals surface area (Å²) in [4.78, 5) is 10.8. The van der Waals surface area contributed by atoms with Crippen LogP contribution in [0.2, 0.25) is 0 Å². The second-order valence-corrected chi connectivity index (χ2v) is 12.9.